The van der Waals surface area contributed by atoms with E-state index in [0.717, 1.165) is 10.4 Å². The second-order valence-electron chi connectivity index (χ2n) is 7.51. The number of hydrogen-bond donors (Lipinski definition) is 2. The van der Waals surface area contributed by atoms with Crippen LogP contribution in [-0.4, -0.2) is 29.5 Å². The number of nitrogens with one attached hydrogen (secondary N) is 2. The molecule has 4 rings (SSSR count). The van der Waals surface area contributed by atoms with Gasteiger partial charge in [-0.05, 0) is 48.9 Å². The van der Waals surface area contributed by atoms with Gasteiger partial charge in [-0.25, -0.2) is 4.98 Å². The Labute approximate surface area is 203 Å². The molecule has 1 unspecified atom stereocenters. The predicted octanol–water partition coefficient (Wildman–Crippen LogP) is 5.29. The fourth-order valence-corrected chi connectivity index (χ4v) is 4.24. The van der Waals surface area contributed by atoms with Gasteiger partial charge in [-0.2, -0.15) is 8.78 Å². The number of amides is 2. The van der Waals surface area contributed by atoms with Gasteiger partial charge in [-0.1, -0.05) is 30.3 Å². The number of aromatic nitrogens is 1. The van der Waals surface area contributed by atoms with Crippen molar-refractivity contribution >= 4 is 28.3 Å². The Kier molecular flexibility index (Phi) is 7.51. The maximum atomic E-state index is 13.1. The van der Waals surface area contributed by atoms with Gasteiger partial charge in [0, 0.05) is 16.9 Å². The van der Waals surface area contributed by atoms with E-state index < -0.39 is 24.5 Å². The predicted molar refractivity (Wildman–Crippen MR) is 128 cm³/mol. The topological polar surface area (TPSA) is 93.5 Å². The standard InChI is InChI=1S/C25H21F2N3O4S/c1-15-21(17-9-11-18(12-10-17)34-24(26)27)29-25(35-15)30-22(31)19(14-16-6-3-2-4-7-16)28-23(32)20-8-5-13-33-20/h2-13,19,24H,14H2,1H3,(H,28,32)(H,29,30,31). The monoisotopic (exact) mass is 497 g/mol. The lowest BCUT2D eigenvalue weighted by Crippen LogP contribution is -2.45. The third kappa shape index (κ3) is 6.30. The molecule has 0 spiro atoms. The highest BCUT2D eigenvalue weighted by atomic mass is 32.1. The van der Waals surface area contributed by atoms with E-state index >= 15 is 0 Å². The molecule has 0 saturated carbocycles. The molecular formula is C25H21F2N3O4S. The van der Waals surface area contributed by atoms with Gasteiger partial charge in [0.25, 0.3) is 5.91 Å². The van der Waals surface area contributed by atoms with Crippen molar-refractivity contribution in [3.05, 3.63) is 89.2 Å². The summed E-state index contributed by atoms with van der Waals surface area (Å²) in [5.41, 5.74) is 2.16. The molecule has 2 heterocycles. The van der Waals surface area contributed by atoms with E-state index in [2.05, 4.69) is 20.4 Å². The number of benzene rings is 2. The number of thiazole rings is 1. The third-order valence-electron chi connectivity index (χ3n) is 5.03. The lowest BCUT2D eigenvalue weighted by atomic mass is 10.1. The molecule has 35 heavy (non-hydrogen) atoms. The van der Waals surface area contributed by atoms with Crippen LogP contribution in [0.3, 0.4) is 0 Å². The summed E-state index contributed by atoms with van der Waals surface area (Å²) in [5.74, 6) is -0.799. The smallest absolute Gasteiger partial charge is 0.387 e. The first kappa shape index (κ1) is 24.1. The molecule has 2 aromatic carbocycles. The SMILES string of the molecule is Cc1sc(NC(=O)C(Cc2ccccc2)NC(=O)c2ccco2)nc1-c1ccc(OC(F)F)cc1. The van der Waals surface area contributed by atoms with Gasteiger partial charge >= 0.3 is 6.61 Å². The number of rotatable bonds is 9. The zero-order valence-corrected chi connectivity index (χ0v) is 19.4. The molecule has 0 bridgehead atoms. The fourth-order valence-electron chi connectivity index (χ4n) is 3.40. The molecule has 2 amide bonds. The summed E-state index contributed by atoms with van der Waals surface area (Å²) in [6, 6.07) is 17.6. The molecule has 7 nitrogen and oxygen atoms in total. The summed E-state index contributed by atoms with van der Waals surface area (Å²) >= 11 is 1.27. The Morgan fingerprint density at radius 2 is 1.80 bits per heavy atom. The van der Waals surface area contributed by atoms with Gasteiger partial charge < -0.3 is 19.8 Å². The number of aryl methyl sites for hydroxylation is 1. The average molecular weight is 498 g/mol. The zero-order valence-electron chi connectivity index (χ0n) is 18.5. The molecule has 180 valence electrons. The van der Waals surface area contributed by atoms with E-state index in [0.29, 0.717) is 16.4 Å². The van der Waals surface area contributed by atoms with Crippen molar-refractivity contribution in [1.82, 2.24) is 10.3 Å². The number of alkyl halides is 2. The molecule has 0 radical (unpaired) electrons. The second kappa shape index (κ2) is 10.9. The quantitative estimate of drug-likeness (QED) is 0.328. The van der Waals surface area contributed by atoms with Crippen LogP contribution in [0.25, 0.3) is 11.3 Å². The number of halogens is 2. The third-order valence-corrected chi connectivity index (χ3v) is 5.92. The molecular weight excluding hydrogens is 476 g/mol. The van der Waals surface area contributed by atoms with E-state index in [4.69, 9.17) is 4.42 Å². The summed E-state index contributed by atoms with van der Waals surface area (Å²) in [4.78, 5) is 31.0. The first-order valence-electron chi connectivity index (χ1n) is 10.6. The largest absolute Gasteiger partial charge is 0.459 e. The van der Waals surface area contributed by atoms with Crippen LogP contribution >= 0.6 is 11.3 Å². The van der Waals surface area contributed by atoms with Crippen molar-refractivity contribution in [3.63, 3.8) is 0 Å². The normalized spacial score (nSPS) is 11.8. The summed E-state index contributed by atoms with van der Waals surface area (Å²) in [5, 5.41) is 5.85. The van der Waals surface area contributed by atoms with Gasteiger partial charge in [-0.3, -0.25) is 9.59 Å². The zero-order chi connectivity index (χ0) is 24.8. The lowest BCUT2D eigenvalue weighted by Gasteiger charge is -2.17. The van der Waals surface area contributed by atoms with Gasteiger partial charge in [0.15, 0.2) is 10.9 Å². The van der Waals surface area contributed by atoms with E-state index in [1.165, 1.54) is 35.8 Å². The molecule has 10 heteroatoms. The first-order chi connectivity index (χ1) is 16.9. The molecule has 0 aliphatic rings. The van der Waals surface area contributed by atoms with Crippen LogP contribution in [0.5, 0.6) is 5.75 Å². The van der Waals surface area contributed by atoms with Crippen molar-refractivity contribution in [3.8, 4) is 17.0 Å². The molecule has 2 N–H and O–H groups in total. The average Bonchev–Trinajstić information content (AvgIpc) is 3.50. The molecule has 0 fully saturated rings. The van der Waals surface area contributed by atoms with Gasteiger partial charge in [0.05, 0.1) is 12.0 Å². The molecule has 0 aliphatic heterocycles. The Balaban J connectivity index is 1.50. The maximum absolute atomic E-state index is 13.1. The highest BCUT2D eigenvalue weighted by molar-refractivity contribution is 7.16. The van der Waals surface area contributed by atoms with Crippen molar-refractivity contribution in [1.29, 1.82) is 0 Å². The minimum atomic E-state index is -2.90. The molecule has 2 aromatic heterocycles. The maximum Gasteiger partial charge on any atom is 0.387 e. The minimum absolute atomic E-state index is 0.0428. The number of hydrogen-bond acceptors (Lipinski definition) is 6. The Bertz CT molecular complexity index is 1280. The van der Waals surface area contributed by atoms with E-state index in [1.807, 2.05) is 37.3 Å². The number of carbonyl (C=O) groups is 2. The summed E-state index contributed by atoms with van der Waals surface area (Å²) in [7, 11) is 0. The van der Waals surface area contributed by atoms with Crippen molar-refractivity contribution in [2.45, 2.75) is 26.0 Å². The molecule has 0 saturated heterocycles. The highest BCUT2D eigenvalue weighted by Gasteiger charge is 2.24. The van der Waals surface area contributed by atoms with Crippen LogP contribution in [-0.2, 0) is 11.2 Å². The van der Waals surface area contributed by atoms with Crippen LogP contribution in [0.2, 0.25) is 0 Å². The van der Waals surface area contributed by atoms with Crippen molar-refractivity contribution in [2.75, 3.05) is 5.32 Å². The Morgan fingerprint density at radius 3 is 2.46 bits per heavy atom. The number of carbonyl (C=O) groups excluding carboxylic acids is 2. The Morgan fingerprint density at radius 1 is 1.06 bits per heavy atom. The van der Waals surface area contributed by atoms with Crippen LogP contribution in [0, 0.1) is 6.92 Å². The van der Waals surface area contributed by atoms with Crippen LogP contribution in [0.15, 0.2) is 77.4 Å². The Hall–Kier alpha value is -4.05. The van der Waals surface area contributed by atoms with Gasteiger partial charge in [0.1, 0.15) is 11.8 Å². The van der Waals surface area contributed by atoms with Crippen LogP contribution < -0.4 is 15.4 Å². The molecule has 0 aliphatic carbocycles. The highest BCUT2D eigenvalue weighted by Crippen LogP contribution is 2.31. The van der Waals surface area contributed by atoms with E-state index in [9.17, 15) is 18.4 Å². The summed E-state index contributed by atoms with van der Waals surface area (Å²) < 4.78 is 34.3. The molecule has 4 aromatic rings. The summed E-state index contributed by atoms with van der Waals surface area (Å²) in [6.45, 7) is -1.06. The summed E-state index contributed by atoms with van der Waals surface area (Å²) in [6.07, 6.45) is 1.65. The number of anilines is 1. The van der Waals surface area contributed by atoms with E-state index in [1.54, 1.807) is 18.2 Å². The minimum Gasteiger partial charge on any atom is -0.459 e. The van der Waals surface area contributed by atoms with Gasteiger partial charge in [-0.15, -0.1) is 11.3 Å². The first-order valence-corrected chi connectivity index (χ1v) is 11.4. The molecule has 1 atom stereocenters. The lowest BCUT2D eigenvalue weighted by molar-refractivity contribution is -0.118. The fraction of sp³-hybridized carbons (Fsp3) is 0.160. The van der Waals surface area contributed by atoms with Crippen molar-refractivity contribution < 1.29 is 27.5 Å². The van der Waals surface area contributed by atoms with Crippen molar-refractivity contribution in [2.24, 2.45) is 0 Å². The number of furan rings is 1. The van der Waals surface area contributed by atoms with Crippen LogP contribution in [0.1, 0.15) is 21.0 Å². The van der Waals surface area contributed by atoms with E-state index in [-0.39, 0.29) is 17.9 Å². The number of nitrogens with zero attached hydrogens (tertiary/aromatic N) is 1. The number of ether oxygens (including phenoxy) is 1. The van der Waals surface area contributed by atoms with Crippen LogP contribution in [0.4, 0.5) is 13.9 Å². The second-order valence-corrected chi connectivity index (χ2v) is 8.71. The van der Waals surface area contributed by atoms with Gasteiger partial charge in [0.2, 0.25) is 5.91 Å².